The molecule has 0 aromatic carbocycles. The summed E-state index contributed by atoms with van der Waals surface area (Å²) in [7, 11) is 0. The minimum atomic E-state index is -1.10. The maximum Gasteiger partial charge on any atom is 0.151 e. The third-order valence-corrected chi connectivity index (χ3v) is 1.61. The average Bonchev–Trinajstić information content (AvgIpc) is 2.20. The number of aliphatic hydroxyl groups is 5. The van der Waals surface area contributed by atoms with E-state index in [4.69, 9.17) is 25.5 Å². The maximum atomic E-state index is 8.11. The molecule has 0 bridgehead atoms. The van der Waals surface area contributed by atoms with Gasteiger partial charge in [0.2, 0.25) is 0 Å². The standard InChI is InChI=1S/2C4H10O2.C4H10O/c2*1-2-3-4(5)6;1-2-3-4-5/h2*4-6H,2-3H2,1H3;5H,2-4H2,1H3. The van der Waals surface area contributed by atoms with Crippen LogP contribution in [0.1, 0.15) is 59.3 Å². The van der Waals surface area contributed by atoms with Gasteiger partial charge in [-0.2, -0.15) is 0 Å². The smallest absolute Gasteiger partial charge is 0.151 e. The van der Waals surface area contributed by atoms with Crippen molar-refractivity contribution < 1.29 is 25.5 Å². The second-order valence-electron chi connectivity index (χ2n) is 3.62. The fraction of sp³-hybridized carbons (Fsp3) is 1.00. The molecule has 0 aliphatic heterocycles. The molecule has 0 saturated carbocycles. The molecular weight excluding hydrogens is 224 g/mol. The largest absolute Gasteiger partial charge is 0.396 e. The molecule has 0 heterocycles. The van der Waals surface area contributed by atoms with E-state index in [1.165, 1.54) is 0 Å². The molecule has 0 unspecified atom stereocenters. The van der Waals surface area contributed by atoms with Gasteiger partial charge in [0.1, 0.15) is 0 Å². The van der Waals surface area contributed by atoms with E-state index in [0.717, 1.165) is 25.7 Å². The van der Waals surface area contributed by atoms with Crippen LogP contribution in [-0.4, -0.2) is 44.7 Å². The van der Waals surface area contributed by atoms with Crippen molar-refractivity contribution >= 4 is 0 Å². The number of unbranched alkanes of at least 4 members (excludes halogenated alkanes) is 1. The molecule has 0 aromatic heterocycles. The zero-order valence-corrected chi connectivity index (χ0v) is 11.3. The Morgan fingerprint density at radius 2 is 1.06 bits per heavy atom. The van der Waals surface area contributed by atoms with Crippen LogP contribution in [0.25, 0.3) is 0 Å². The number of hydrogen-bond donors (Lipinski definition) is 5. The zero-order chi connectivity index (χ0) is 14.1. The van der Waals surface area contributed by atoms with Crippen LogP contribution in [0.2, 0.25) is 0 Å². The predicted octanol–water partition coefficient (Wildman–Crippen LogP) is 0.973. The Balaban J connectivity index is -0.000000174. The van der Waals surface area contributed by atoms with Crippen LogP contribution in [0.4, 0.5) is 0 Å². The van der Waals surface area contributed by atoms with Gasteiger partial charge in [-0.05, 0) is 19.3 Å². The lowest BCUT2D eigenvalue weighted by Gasteiger charge is -1.94. The summed E-state index contributed by atoms with van der Waals surface area (Å²) in [6, 6.07) is 0. The molecule has 17 heavy (non-hydrogen) atoms. The summed E-state index contributed by atoms with van der Waals surface area (Å²) in [6.45, 7) is 6.20. The Labute approximate surface area is 105 Å². The third kappa shape index (κ3) is 49.5. The first kappa shape index (κ1) is 22.0. The number of aliphatic hydroxyl groups excluding tert-OH is 3. The highest BCUT2D eigenvalue weighted by molar-refractivity contribution is 4.31. The minimum Gasteiger partial charge on any atom is -0.396 e. The first-order chi connectivity index (χ1) is 7.95. The lowest BCUT2D eigenvalue weighted by atomic mass is 10.3. The van der Waals surface area contributed by atoms with Crippen molar-refractivity contribution in [3.05, 3.63) is 0 Å². The van der Waals surface area contributed by atoms with E-state index < -0.39 is 12.6 Å². The summed E-state index contributed by atoms with van der Waals surface area (Å²) in [4.78, 5) is 0. The van der Waals surface area contributed by atoms with Gasteiger partial charge in [0.25, 0.3) is 0 Å². The van der Waals surface area contributed by atoms with Gasteiger partial charge in [-0.15, -0.1) is 0 Å². The molecule has 0 rings (SSSR count). The monoisotopic (exact) mass is 254 g/mol. The summed E-state index contributed by atoms with van der Waals surface area (Å²) in [5.74, 6) is 0. The van der Waals surface area contributed by atoms with Gasteiger partial charge < -0.3 is 25.5 Å². The highest BCUT2D eigenvalue weighted by Gasteiger charge is 1.89. The van der Waals surface area contributed by atoms with Crippen molar-refractivity contribution in [1.82, 2.24) is 0 Å². The molecule has 0 aromatic rings. The summed E-state index contributed by atoms with van der Waals surface area (Å²) in [6.07, 6.45) is 2.47. The Kier molecular flexibility index (Phi) is 27.4. The summed E-state index contributed by atoms with van der Waals surface area (Å²) in [5.41, 5.74) is 0. The molecule has 5 nitrogen and oxygen atoms in total. The van der Waals surface area contributed by atoms with Crippen molar-refractivity contribution in [3.63, 3.8) is 0 Å². The van der Waals surface area contributed by atoms with E-state index in [9.17, 15) is 0 Å². The Hall–Kier alpha value is -0.200. The van der Waals surface area contributed by atoms with Crippen molar-refractivity contribution in [1.29, 1.82) is 0 Å². The number of rotatable bonds is 6. The van der Waals surface area contributed by atoms with Crippen LogP contribution in [0, 0.1) is 0 Å². The van der Waals surface area contributed by atoms with Crippen LogP contribution in [0.3, 0.4) is 0 Å². The second kappa shape index (κ2) is 21.1. The Morgan fingerprint density at radius 1 is 0.706 bits per heavy atom. The van der Waals surface area contributed by atoms with Gasteiger partial charge >= 0.3 is 0 Å². The summed E-state index contributed by atoms with van der Waals surface area (Å²) in [5, 5.41) is 40.5. The van der Waals surface area contributed by atoms with Gasteiger partial charge in [0.15, 0.2) is 12.6 Å². The second-order valence-corrected chi connectivity index (χ2v) is 3.62. The molecule has 0 spiro atoms. The zero-order valence-electron chi connectivity index (χ0n) is 11.3. The molecule has 5 heteroatoms. The average molecular weight is 254 g/mol. The molecule has 0 radical (unpaired) electrons. The van der Waals surface area contributed by atoms with Gasteiger partial charge in [-0.1, -0.05) is 40.0 Å². The van der Waals surface area contributed by atoms with Gasteiger partial charge in [0, 0.05) is 6.61 Å². The molecule has 5 N–H and O–H groups in total. The molecule has 0 aliphatic rings. The first-order valence-corrected chi connectivity index (χ1v) is 6.29. The first-order valence-electron chi connectivity index (χ1n) is 6.29. The molecule has 0 aliphatic carbocycles. The van der Waals surface area contributed by atoms with Crippen LogP contribution < -0.4 is 0 Å². The Bertz CT molecular complexity index is 95.1. The maximum absolute atomic E-state index is 8.11. The van der Waals surface area contributed by atoms with Crippen LogP contribution in [0.15, 0.2) is 0 Å². The van der Waals surface area contributed by atoms with E-state index in [1.54, 1.807) is 0 Å². The third-order valence-electron chi connectivity index (χ3n) is 1.61. The van der Waals surface area contributed by atoms with Gasteiger partial charge in [-0.3, -0.25) is 0 Å². The van der Waals surface area contributed by atoms with Crippen molar-refractivity contribution in [2.75, 3.05) is 6.61 Å². The predicted molar refractivity (Wildman–Crippen MR) is 68.3 cm³/mol. The van der Waals surface area contributed by atoms with Crippen LogP contribution >= 0.6 is 0 Å². The van der Waals surface area contributed by atoms with Crippen molar-refractivity contribution in [2.45, 2.75) is 71.9 Å². The Morgan fingerprint density at radius 3 is 1.06 bits per heavy atom. The van der Waals surface area contributed by atoms with E-state index >= 15 is 0 Å². The van der Waals surface area contributed by atoms with Gasteiger partial charge in [-0.25, -0.2) is 0 Å². The van der Waals surface area contributed by atoms with E-state index in [-0.39, 0.29) is 0 Å². The van der Waals surface area contributed by atoms with Crippen LogP contribution in [0.5, 0.6) is 0 Å². The molecule has 0 atom stereocenters. The molecule has 108 valence electrons. The van der Waals surface area contributed by atoms with Crippen molar-refractivity contribution in [2.24, 2.45) is 0 Å². The topological polar surface area (TPSA) is 101 Å². The minimum absolute atomic E-state index is 0.344. The fourth-order valence-electron chi connectivity index (χ4n) is 0.675. The number of hydrogen-bond acceptors (Lipinski definition) is 5. The quantitative estimate of drug-likeness (QED) is 0.455. The highest BCUT2D eigenvalue weighted by Crippen LogP contribution is 1.88. The lowest BCUT2D eigenvalue weighted by molar-refractivity contribution is -0.0460. The lowest BCUT2D eigenvalue weighted by Crippen LogP contribution is -2.01. The van der Waals surface area contributed by atoms with E-state index in [0.29, 0.717) is 19.4 Å². The van der Waals surface area contributed by atoms with Gasteiger partial charge in [0.05, 0.1) is 0 Å². The summed E-state index contributed by atoms with van der Waals surface area (Å²) >= 11 is 0. The fourth-order valence-corrected chi connectivity index (χ4v) is 0.675. The van der Waals surface area contributed by atoms with Crippen LogP contribution in [-0.2, 0) is 0 Å². The molecular formula is C12H30O5. The molecule has 0 saturated heterocycles. The molecule has 0 fully saturated rings. The van der Waals surface area contributed by atoms with E-state index in [2.05, 4.69) is 6.92 Å². The summed E-state index contributed by atoms with van der Waals surface area (Å²) < 4.78 is 0. The van der Waals surface area contributed by atoms with Crippen molar-refractivity contribution in [3.8, 4) is 0 Å². The highest BCUT2D eigenvalue weighted by atomic mass is 16.5. The normalized spacial score (nSPS) is 9.53. The SMILES string of the molecule is CCCC(O)O.CCCC(O)O.CCCCO. The molecule has 0 amide bonds. The van der Waals surface area contributed by atoms with E-state index in [1.807, 2.05) is 13.8 Å².